The second-order valence-corrected chi connectivity index (χ2v) is 4.43. The molecule has 1 aliphatic heterocycles. The number of amides is 2. The summed E-state index contributed by atoms with van der Waals surface area (Å²) in [5, 5.41) is 5.44. The summed E-state index contributed by atoms with van der Waals surface area (Å²) in [6.07, 6.45) is 0. The zero-order chi connectivity index (χ0) is 13.8. The van der Waals surface area contributed by atoms with Crippen LogP contribution in [0.4, 0.5) is 10.1 Å². The first-order valence-corrected chi connectivity index (χ1v) is 6.15. The van der Waals surface area contributed by atoms with Crippen molar-refractivity contribution in [2.45, 2.75) is 6.92 Å². The zero-order valence-electron chi connectivity index (χ0n) is 10.7. The Morgan fingerprint density at radius 1 is 1.32 bits per heavy atom. The molecule has 5 nitrogen and oxygen atoms in total. The number of benzene rings is 1. The van der Waals surface area contributed by atoms with E-state index in [1.165, 1.54) is 11.0 Å². The molecule has 0 unspecified atom stereocenters. The molecule has 19 heavy (non-hydrogen) atoms. The largest absolute Gasteiger partial charge is 0.332 e. The van der Waals surface area contributed by atoms with Crippen LogP contribution in [0.15, 0.2) is 18.2 Å². The summed E-state index contributed by atoms with van der Waals surface area (Å²) >= 11 is 0. The molecule has 0 aromatic heterocycles. The number of nitrogens with zero attached hydrogens (tertiary/aromatic N) is 1. The van der Waals surface area contributed by atoms with Crippen LogP contribution in [0.5, 0.6) is 0 Å². The van der Waals surface area contributed by atoms with E-state index in [0.717, 1.165) is 0 Å². The lowest BCUT2D eigenvalue weighted by atomic mass is 10.2. The molecule has 0 radical (unpaired) electrons. The number of hydrogen-bond acceptors (Lipinski definition) is 3. The van der Waals surface area contributed by atoms with Gasteiger partial charge in [0.1, 0.15) is 5.82 Å². The van der Waals surface area contributed by atoms with E-state index in [1.54, 1.807) is 19.1 Å². The third-order valence-electron chi connectivity index (χ3n) is 3.06. The molecule has 1 aromatic carbocycles. The van der Waals surface area contributed by atoms with Crippen LogP contribution in [0.3, 0.4) is 0 Å². The van der Waals surface area contributed by atoms with Gasteiger partial charge in [-0.3, -0.25) is 9.59 Å². The van der Waals surface area contributed by atoms with Gasteiger partial charge in [-0.25, -0.2) is 4.39 Å². The molecule has 1 heterocycles. The zero-order valence-corrected chi connectivity index (χ0v) is 10.7. The normalized spacial score (nSPS) is 15.2. The van der Waals surface area contributed by atoms with Crippen LogP contribution in [0.25, 0.3) is 0 Å². The second kappa shape index (κ2) is 5.79. The van der Waals surface area contributed by atoms with E-state index >= 15 is 0 Å². The van der Waals surface area contributed by atoms with E-state index in [1.807, 2.05) is 0 Å². The molecule has 1 saturated heterocycles. The maximum absolute atomic E-state index is 13.6. The van der Waals surface area contributed by atoms with Crippen LogP contribution in [-0.2, 0) is 9.59 Å². The lowest BCUT2D eigenvalue weighted by Crippen LogP contribution is -2.50. The molecular weight excluding hydrogens is 249 g/mol. The van der Waals surface area contributed by atoms with E-state index in [4.69, 9.17) is 0 Å². The summed E-state index contributed by atoms with van der Waals surface area (Å²) in [4.78, 5) is 25.2. The van der Waals surface area contributed by atoms with E-state index < -0.39 is 17.6 Å². The molecule has 6 heteroatoms. The van der Waals surface area contributed by atoms with Gasteiger partial charge >= 0.3 is 11.8 Å². The minimum atomic E-state index is -0.796. The minimum Gasteiger partial charge on any atom is -0.332 e. The highest BCUT2D eigenvalue weighted by atomic mass is 19.1. The Morgan fingerprint density at radius 2 is 2.00 bits per heavy atom. The van der Waals surface area contributed by atoms with Gasteiger partial charge in [-0.1, -0.05) is 12.1 Å². The highest BCUT2D eigenvalue weighted by Gasteiger charge is 2.24. The monoisotopic (exact) mass is 265 g/mol. The maximum Gasteiger partial charge on any atom is 0.313 e. The van der Waals surface area contributed by atoms with Gasteiger partial charge in [0, 0.05) is 26.2 Å². The van der Waals surface area contributed by atoms with Crippen LogP contribution >= 0.6 is 0 Å². The Morgan fingerprint density at radius 3 is 2.63 bits per heavy atom. The summed E-state index contributed by atoms with van der Waals surface area (Å²) in [7, 11) is 0. The number of halogens is 1. The molecule has 1 aromatic rings. The molecule has 0 aliphatic carbocycles. The Labute approximate surface area is 110 Å². The standard InChI is InChI=1S/C13H16FN3O2/c1-9-3-2-4-10(14)11(9)16-12(18)13(19)17-7-5-15-6-8-17/h2-4,15H,5-8H2,1H3,(H,16,18). The summed E-state index contributed by atoms with van der Waals surface area (Å²) in [6.45, 7) is 3.98. The lowest BCUT2D eigenvalue weighted by Gasteiger charge is -2.26. The van der Waals surface area contributed by atoms with Crippen molar-refractivity contribution in [1.29, 1.82) is 0 Å². The molecule has 1 aliphatic rings. The molecule has 2 N–H and O–H groups in total. The molecule has 2 amide bonds. The number of carbonyl (C=O) groups is 2. The van der Waals surface area contributed by atoms with Crippen molar-refractivity contribution in [3.8, 4) is 0 Å². The fourth-order valence-electron chi connectivity index (χ4n) is 1.97. The number of rotatable bonds is 1. The summed E-state index contributed by atoms with van der Waals surface area (Å²) < 4.78 is 13.6. The topological polar surface area (TPSA) is 61.4 Å². The van der Waals surface area contributed by atoms with Crippen LogP contribution in [0, 0.1) is 12.7 Å². The maximum atomic E-state index is 13.6. The van der Waals surface area contributed by atoms with Crippen molar-refractivity contribution < 1.29 is 14.0 Å². The molecular formula is C13H16FN3O2. The van der Waals surface area contributed by atoms with Gasteiger partial charge in [-0.2, -0.15) is 0 Å². The van der Waals surface area contributed by atoms with Crippen LogP contribution in [0.1, 0.15) is 5.56 Å². The summed E-state index contributed by atoms with van der Waals surface area (Å²) in [5.74, 6) is -1.96. The molecule has 0 spiro atoms. The van der Waals surface area contributed by atoms with Crippen molar-refractivity contribution in [2.24, 2.45) is 0 Å². The summed E-state index contributed by atoms with van der Waals surface area (Å²) in [6, 6.07) is 4.48. The number of para-hydroxylation sites is 1. The smallest absolute Gasteiger partial charge is 0.313 e. The van der Waals surface area contributed by atoms with Gasteiger partial charge < -0.3 is 15.5 Å². The molecule has 102 valence electrons. The van der Waals surface area contributed by atoms with Crippen LogP contribution < -0.4 is 10.6 Å². The van der Waals surface area contributed by atoms with E-state index in [2.05, 4.69) is 10.6 Å². The number of carbonyl (C=O) groups excluding carboxylic acids is 2. The highest BCUT2D eigenvalue weighted by Crippen LogP contribution is 2.18. The number of aryl methyl sites for hydroxylation is 1. The van der Waals surface area contributed by atoms with Gasteiger partial charge in [0.2, 0.25) is 0 Å². The van der Waals surface area contributed by atoms with Crippen molar-refractivity contribution in [2.75, 3.05) is 31.5 Å². The third kappa shape index (κ3) is 3.08. The quantitative estimate of drug-likeness (QED) is 0.727. The second-order valence-electron chi connectivity index (χ2n) is 4.43. The highest BCUT2D eigenvalue weighted by molar-refractivity contribution is 6.39. The van der Waals surface area contributed by atoms with Gasteiger partial charge in [0.25, 0.3) is 0 Å². The van der Waals surface area contributed by atoms with Crippen LogP contribution in [0.2, 0.25) is 0 Å². The van der Waals surface area contributed by atoms with Gasteiger partial charge in [-0.05, 0) is 18.6 Å². The number of anilines is 1. The fourth-order valence-corrected chi connectivity index (χ4v) is 1.97. The van der Waals surface area contributed by atoms with Crippen molar-refractivity contribution in [3.63, 3.8) is 0 Å². The van der Waals surface area contributed by atoms with Gasteiger partial charge in [0.05, 0.1) is 5.69 Å². The third-order valence-corrected chi connectivity index (χ3v) is 3.06. The lowest BCUT2D eigenvalue weighted by molar-refractivity contribution is -0.143. The Hall–Kier alpha value is -1.95. The number of piperazine rings is 1. The first-order chi connectivity index (χ1) is 9.09. The Balaban J connectivity index is 2.06. The SMILES string of the molecule is Cc1cccc(F)c1NC(=O)C(=O)N1CCNCC1. The first kappa shape index (κ1) is 13.5. The predicted octanol–water partition coefficient (Wildman–Crippen LogP) is 0.504. The van der Waals surface area contributed by atoms with Gasteiger partial charge in [-0.15, -0.1) is 0 Å². The molecule has 2 rings (SSSR count). The van der Waals surface area contributed by atoms with E-state index in [0.29, 0.717) is 31.7 Å². The van der Waals surface area contributed by atoms with Crippen molar-refractivity contribution in [1.82, 2.24) is 10.2 Å². The predicted molar refractivity (Wildman–Crippen MR) is 69.2 cm³/mol. The average molecular weight is 265 g/mol. The van der Waals surface area contributed by atoms with E-state index in [9.17, 15) is 14.0 Å². The number of nitrogens with one attached hydrogen (secondary N) is 2. The van der Waals surface area contributed by atoms with Crippen molar-refractivity contribution in [3.05, 3.63) is 29.6 Å². The van der Waals surface area contributed by atoms with E-state index in [-0.39, 0.29) is 5.69 Å². The Bertz CT molecular complexity index is 478. The Kier molecular flexibility index (Phi) is 4.11. The molecule has 1 fully saturated rings. The first-order valence-electron chi connectivity index (χ1n) is 6.15. The number of hydrogen-bond donors (Lipinski definition) is 2. The average Bonchev–Trinajstić information content (AvgIpc) is 2.43. The molecule has 0 saturated carbocycles. The fraction of sp³-hybridized carbons (Fsp3) is 0.385. The van der Waals surface area contributed by atoms with Crippen LogP contribution in [-0.4, -0.2) is 42.9 Å². The summed E-state index contributed by atoms with van der Waals surface area (Å²) in [5.41, 5.74) is 0.650. The molecule has 0 atom stereocenters. The van der Waals surface area contributed by atoms with Crippen molar-refractivity contribution >= 4 is 17.5 Å². The minimum absolute atomic E-state index is 0.0657. The van der Waals surface area contributed by atoms with Gasteiger partial charge in [0.15, 0.2) is 0 Å². The molecule has 0 bridgehead atoms.